The second-order valence-corrected chi connectivity index (χ2v) is 11.3. The lowest BCUT2D eigenvalue weighted by atomic mass is 10.1. The van der Waals surface area contributed by atoms with Crippen molar-refractivity contribution in [3.05, 3.63) is 90.0 Å². The van der Waals surface area contributed by atoms with Crippen LogP contribution in [0.2, 0.25) is 0 Å². The van der Waals surface area contributed by atoms with Crippen LogP contribution < -0.4 is 14.4 Å². The van der Waals surface area contributed by atoms with Crippen molar-refractivity contribution < 1.29 is 22.7 Å². The lowest BCUT2D eigenvalue weighted by Gasteiger charge is -2.33. The molecule has 0 saturated heterocycles. The average molecular weight is 552 g/mol. The fourth-order valence-electron chi connectivity index (χ4n) is 4.09. The van der Waals surface area contributed by atoms with E-state index in [1.54, 1.807) is 75.6 Å². The second-order valence-electron chi connectivity index (χ2n) is 9.48. The van der Waals surface area contributed by atoms with Gasteiger partial charge in [-0.05, 0) is 68.7 Å². The van der Waals surface area contributed by atoms with Gasteiger partial charge in [-0.15, -0.1) is 0 Å². The molecule has 0 aromatic heterocycles. The van der Waals surface area contributed by atoms with E-state index in [0.29, 0.717) is 17.0 Å². The number of rotatable bonds is 12. The van der Waals surface area contributed by atoms with E-state index >= 15 is 0 Å². The topological polar surface area (TPSA) is 96.0 Å². The highest BCUT2D eigenvalue weighted by Crippen LogP contribution is 2.27. The van der Waals surface area contributed by atoms with Gasteiger partial charge in [-0.2, -0.15) is 0 Å². The Hall–Kier alpha value is -3.85. The molecule has 2 atom stereocenters. The standard InChI is InChI=1S/C30H37N3O5S/c1-6-23(3)31-30(35)24(4)32(20-25-14-12-15-26(19-25)38-5)29(34)21-33(28-18-11-10-13-22(28)2)39(36,37)27-16-8-7-9-17-27/h7-19,23-24H,6,20-21H2,1-5H3,(H,31,35)/t23-,24+/m0/s1. The molecule has 0 unspecified atom stereocenters. The van der Waals surface area contributed by atoms with Crippen LogP contribution in [0.25, 0.3) is 0 Å². The van der Waals surface area contributed by atoms with Crippen LogP contribution in [0.5, 0.6) is 5.75 Å². The summed E-state index contributed by atoms with van der Waals surface area (Å²) in [5.41, 5.74) is 1.85. The first-order valence-corrected chi connectivity index (χ1v) is 14.4. The maximum absolute atomic E-state index is 14.0. The van der Waals surface area contributed by atoms with E-state index < -0.39 is 28.5 Å². The van der Waals surface area contributed by atoms with Crippen molar-refractivity contribution in [1.82, 2.24) is 10.2 Å². The Kier molecular flexibility index (Phi) is 10.1. The Morgan fingerprint density at radius 2 is 1.62 bits per heavy atom. The molecule has 0 fully saturated rings. The number of sulfonamides is 1. The lowest BCUT2D eigenvalue weighted by molar-refractivity contribution is -0.139. The SMILES string of the molecule is CC[C@H](C)NC(=O)[C@@H](C)N(Cc1cccc(OC)c1)C(=O)CN(c1ccccc1C)S(=O)(=O)c1ccccc1. The number of benzene rings is 3. The van der Waals surface area contributed by atoms with Crippen LogP contribution in [-0.4, -0.2) is 50.9 Å². The number of nitrogens with zero attached hydrogens (tertiary/aromatic N) is 2. The first kappa shape index (κ1) is 29.7. The highest BCUT2D eigenvalue weighted by atomic mass is 32.2. The van der Waals surface area contributed by atoms with Crippen LogP contribution in [-0.2, 0) is 26.2 Å². The van der Waals surface area contributed by atoms with Gasteiger partial charge in [-0.3, -0.25) is 13.9 Å². The molecule has 0 aliphatic heterocycles. The summed E-state index contributed by atoms with van der Waals surface area (Å²) in [6.07, 6.45) is 0.735. The van der Waals surface area contributed by atoms with Crippen molar-refractivity contribution in [3.63, 3.8) is 0 Å². The zero-order valence-electron chi connectivity index (χ0n) is 23.1. The van der Waals surface area contributed by atoms with Crippen molar-refractivity contribution in [1.29, 1.82) is 0 Å². The van der Waals surface area contributed by atoms with Gasteiger partial charge >= 0.3 is 0 Å². The Bertz CT molecular complexity index is 1380. The predicted molar refractivity (Wildman–Crippen MR) is 153 cm³/mol. The summed E-state index contributed by atoms with van der Waals surface area (Å²) in [5, 5.41) is 2.93. The smallest absolute Gasteiger partial charge is 0.264 e. The Labute approximate surface area is 231 Å². The van der Waals surface area contributed by atoms with Gasteiger partial charge in [0.15, 0.2) is 0 Å². The Morgan fingerprint density at radius 1 is 0.949 bits per heavy atom. The molecule has 0 aliphatic rings. The molecule has 0 heterocycles. The first-order valence-electron chi connectivity index (χ1n) is 12.9. The Balaban J connectivity index is 2.03. The number of carbonyl (C=O) groups is 2. The van der Waals surface area contributed by atoms with E-state index in [1.807, 2.05) is 26.0 Å². The van der Waals surface area contributed by atoms with Crippen LogP contribution in [0.15, 0.2) is 83.8 Å². The minimum atomic E-state index is -4.09. The average Bonchev–Trinajstić information content (AvgIpc) is 2.95. The number of aryl methyl sites for hydroxylation is 1. The summed E-state index contributed by atoms with van der Waals surface area (Å²) in [4.78, 5) is 28.6. The molecular weight excluding hydrogens is 514 g/mol. The maximum atomic E-state index is 14.0. The number of hydrogen-bond donors (Lipinski definition) is 1. The van der Waals surface area contributed by atoms with Crippen molar-refractivity contribution in [2.45, 2.75) is 57.6 Å². The summed E-state index contributed by atoms with van der Waals surface area (Å²) in [5.74, 6) is -0.203. The predicted octanol–water partition coefficient (Wildman–Crippen LogP) is 4.53. The van der Waals surface area contributed by atoms with E-state index in [2.05, 4.69) is 5.32 Å². The van der Waals surface area contributed by atoms with Gasteiger partial charge in [-0.25, -0.2) is 8.42 Å². The van der Waals surface area contributed by atoms with E-state index in [-0.39, 0.29) is 23.4 Å². The molecule has 0 spiro atoms. The zero-order valence-corrected chi connectivity index (χ0v) is 23.9. The van der Waals surface area contributed by atoms with Crippen molar-refractivity contribution in [3.8, 4) is 5.75 Å². The fraction of sp³-hybridized carbons (Fsp3) is 0.333. The van der Waals surface area contributed by atoms with E-state index in [4.69, 9.17) is 4.74 Å². The maximum Gasteiger partial charge on any atom is 0.264 e. The van der Waals surface area contributed by atoms with Gasteiger partial charge in [0.05, 0.1) is 17.7 Å². The molecule has 3 aromatic carbocycles. The van der Waals surface area contributed by atoms with Crippen LogP contribution in [0.1, 0.15) is 38.3 Å². The zero-order chi connectivity index (χ0) is 28.6. The number of amides is 2. The number of ether oxygens (including phenoxy) is 1. The summed E-state index contributed by atoms with van der Waals surface area (Å²) in [6, 6.07) is 21.3. The number of anilines is 1. The van der Waals surface area contributed by atoms with Gasteiger partial charge in [-0.1, -0.05) is 55.5 Å². The monoisotopic (exact) mass is 551 g/mol. The van der Waals surface area contributed by atoms with Crippen LogP contribution >= 0.6 is 0 Å². The number of carbonyl (C=O) groups excluding carboxylic acids is 2. The van der Waals surface area contributed by atoms with Gasteiger partial charge in [0.2, 0.25) is 11.8 Å². The second kappa shape index (κ2) is 13.3. The highest BCUT2D eigenvalue weighted by molar-refractivity contribution is 7.92. The summed E-state index contributed by atoms with van der Waals surface area (Å²) in [6.45, 7) is 6.92. The molecule has 0 aliphatic carbocycles. The first-order chi connectivity index (χ1) is 18.6. The quantitative estimate of drug-likeness (QED) is 0.357. The largest absolute Gasteiger partial charge is 0.497 e. The van der Waals surface area contributed by atoms with Crippen LogP contribution in [0, 0.1) is 6.92 Å². The van der Waals surface area contributed by atoms with E-state index in [1.165, 1.54) is 17.0 Å². The highest BCUT2D eigenvalue weighted by Gasteiger charge is 2.33. The number of methoxy groups -OCH3 is 1. The fourth-order valence-corrected chi connectivity index (χ4v) is 5.59. The van der Waals surface area contributed by atoms with Gasteiger partial charge in [0.1, 0.15) is 18.3 Å². The molecule has 0 radical (unpaired) electrons. The van der Waals surface area contributed by atoms with Crippen molar-refractivity contribution >= 4 is 27.5 Å². The third-order valence-corrected chi connectivity index (χ3v) is 8.42. The molecule has 2 amide bonds. The molecule has 8 nitrogen and oxygen atoms in total. The Morgan fingerprint density at radius 3 is 2.26 bits per heavy atom. The number of nitrogens with one attached hydrogen (secondary N) is 1. The lowest BCUT2D eigenvalue weighted by Crippen LogP contribution is -2.52. The van der Waals surface area contributed by atoms with Gasteiger partial charge in [0.25, 0.3) is 10.0 Å². The van der Waals surface area contributed by atoms with E-state index in [9.17, 15) is 18.0 Å². The van der Waals surface area contributed by atoms with E-state index in [0.717, 1.165) is 16.3 Å². The third kappa shape index (κ3) is 7.38. The molecule has 1 N–H and O–H groups in total. The molecule has 9 heteroatoms. The summed E-state index contributed by atoms with van der Waals surface area (Å²) < 4.78 is 34.1. The number of para-hydroxylation sites is 1. The molecule has 39 heavy (non-hydrogen) atoms. The van der Waals surface area contributed by atoms with Crippen LogP contribution in [0.4, 0.5) is 5.69 Å². The molecule has 0 bridgehead atoms. The molecular formula is C30H37N3O5S. The minimum Gasteiger partial charge on any atom is -0.497 e. The molecule has 208 valence electrons. The summed E-state index contributed by atoms with van der Waals surface area (Å²) >= 11 is 0. The molecule has 0 saturated carbocycles. The summed E-state index contributed by atoms with van der Waals surface area (Å²) in [7, 11) is -2.54. The van der Waals surface area contributed by atoms with Crippen molar-refractivity contribution in [2.75, 3.05) is 18.0 Å². The van der Waals surface area contributed by atoms with Crippen molar-refractivity contribution in [2.24, 2.45) is 0 Å². The normalized spacial score (nSPS) is 12.7. The molecule has 3 rings (SSSR count). The van der Waals surface area contributed by atoms with Gasteiger partial charge in [0, 0.05) is 12.6 Å². The third-order valence-electron chi connectivity index (χ3n) is 6.65. The number of hydrogen-bond acceptors (Lipinski definition) is 5. The molecule has 3 aromatic rings. The van der Waals surface area contributed by atoms with Gasteiger partial charge < -0.3 is 15.0 Å². The van der Waals surface area contributed by atoms with Crippen LogP contribution in [0.3, 0.4) is 0 Å². The minimum absolute atomic E-state index is 0.0722.